The molecule has 0 spiro atoms. The molecular formula is C16H26N2O. The standard InChI is InChI=1S/C16H26N2O/c1-4-9-18-10-11-19-15(12-17-3)16(18)14-7-5-13(2)6-8-14/h5-8,15-17H,4,9-12H2,1-3H3. The normalized spacial score (nSPS) is 24.6. The van der Waals surface area contributed by atoms with Crippen molar-refractivity contribution < 1.29 is 4.74 Å². The molecule has 0 aliphatic carbocycles. The summed E-state index contributed by atoms with van der Waals surface area (Å²) in [5.74, 6) is 0. The number of nitrogens with one attached hydrogen (secondary N) is 1. The Morgan fingerprint density at radius 1 is 1.32 bits per heavy atom. The summed E-state index contributed by atoms with van der Waals surface area (Å²) in [6.07, 6.45) is 1.43. The van der Waals surface area contributed by atoms with Crippen LogP contribution in [-0.4, -0.2) is 44.3 Å². The van der Waals surface area contributed by atoms with Gasteiger partial charge in [0.2, 0.25) is 0 Å². The predicted octanol–water partition coefficient (Wildman–Crippen LogP) is 2.37. The lowest BCUT2D eigenvalue weighted by molar-refractivity contribution is -0.0704. The lowest BCUT2D eigenvalue weighted by Crippen LogP contribution is -2.48. The van der Waals surface area contributed by atoms with Gasteiger partial charge in [-0.2, -0.15) is 0 Å². The summed E-state index contributed by atoms with van der Waals surface area (Å²) in [6, 6.07) is 9.27. The van der Waals surface area contributed by atoms with Gasteiger partial charge in [-0.15, -0.1) is 0 Å². The molecule has 0 bridgehead atoms. The highest BCUT2D eigenvalue weighted by Gasteiger charge is 2.32. The highest BCUT2D eigenvalue weighted by Crippen LogP contribution is 2.29. The first kappa shape index (κ1) is 14.5. The average molecular weight is 262 g/mol. The maximum atomic E-state index is 5.99. The summed E-state index contributed by atoms with van der Waals surface area (Å²) >= 11 is 0. The molecule has 1 N–H and O–H groups in total. The third-order valence-corrected chi connectivity index (χ3v) is 3.79. The first-order valence-corrected chi connectivity index (χ1v) is 7.33. The molecule has 106 valence electrons. The van der Waals surface area contributed by atoms with Gasteiger partial charge < -0.3 is 10.1 Å². The first-order chi connectivity index (χ1) is 9.26. The van der Waals surface area contributed by atoms with Crippen LogP contribution >= 0.6 is 0 Å². The van der Waals surface area contributed by atoms with E-state index < -0.39 is 0 Å². The summed E-state index contributed by atoms with van der Waals surface area (Å²) in [5.41, 5.74) is 2.69. The lowest BCUT2D eigenvalue weighted by atomic mass is 9.96. The zero-order chi connectivity index (χ0) is 13.7. The van der Waals surface area contributed by atoms with Crippen LogP contribution in [0.1, 0.15) is 30.5 Å². The van der Waals surface area contributed by atoms with Crippen molar-refractivity contribution in [1.29, 1.82) is 0 Å². The molecular weight excluding hydrogens is 236 g/mol. The van der Waals surface area contributed by atoms with E-state index in [1.807, 2.05) is 7.05 Å². The van der Waals surface area contributed by atoms with Crippen LogP contribution in [0, 0.1) is 6.92 Å². The SMILES string of the molecule is CCCN1CCOC(CNC)C1c1ccc(C)cc1. The van der Waals surface area contributed by atoms with E-state index in [1.54, 1.807) is 0 Å². The molecule has 2 unspecified atom stereocenters. The van der Waals surface area contributed by atoms with Crippen LogP contribution in [0.15, 0.2) is 24.3 Å². The number of morpholine rings is 1. The Labute approximate surface area is 116 Å². The van der Waals surface area contributed by atoms with E-state index in [9.17, 15) is 0 Å². The second-order valence-corrected chi connectivity index (χ2v) is 5.36. The Morgan fingerprint density at radius 2 is 2.05 bits per heavy atom. The molecule has 0 radical (unpaired) electrons. The second-order valence-electron chi connectivity index (χ2n) is 5.36. The molecule has 3 nitrogen and oxygen atoms in total. The van der Waals surface area contributed by atoms with E-state index in [0.717, 1.165) is 26.2 Å². The molecule has 0 saturated carbocycles. The van der Waals surface area contributed by atoms with Crippen LogP contribution in [0.4, 0.5) is 0 Å². The molecule has 3 heteroatoms. The molecule has 1 aromatic rings. The number of hydrogen-bond acceptors (Lipinski definition) is 3. The Balaban J connectivity index is 2.23. The number of likely N-dealkylation sites (N-methyl/N-ethyl adjacent to an activating group) is 1. The third kappa shape index (κ3) is 3.56. The number of ether oxygens (including phenoxy) is 1. The summed E-state index contributed by atoms with van der Waals surface area (Å²) in [5, 5.41) is 3.26. The van der Waals surface area contributed by atoms with Crippen LogP contribution in [0.2, 0.25) is 0 Å². The minimum atomic E-state index is 0.244. The predicted molar refractivity (Wildman–Crippen MR) is 79.5 cm³/mol. The maximum Gasteiger partial charge on any atom is 0.0896 e. The molecule has 1 aromatic carbocycles. The Bertz CT molecular complexity index is 359. The van der Waals surface area contributed by atoms with Crippen LogP contribution in [0.3, 0.4) is 0 Å². The minimum Gasteiger partial charge on any atom is -0.374 e. The monoisotopic (exact) mass is 262 g/mol. The van der Waals surface area contributed by atoms with Gasteiger partial charge in [-0.05, 0) is 32.5 Å². The van der Waals surface area contributed by atoms with E-state index in [4.69, 9.17) is 4.74 Å². The van der Waals surface area contributed by atoms with Gasteiger partial charge in [0, 0.05) is 13.1 Å². The highest BCUT2D eigenvalue weighted by atomic mass is 16.5. The molecule has 1 heterocycles. The van der Waals surface area contributed by atoms with Crippen LogP contribution in [0.25, 0.3) is 0 Å². The summed E-state index contributed by atoms with van der Waals surface area (Å²) in [6.45, 7) is 8.30. The van der Waals surface area contributed by atoms with Crippen molar-refractivity contribution in [2.45, 2.75) is 32.4 Å². The van der Waals surface area contributed by atoms with Crippen molar-refractivity contribution >= 4 is 0 Å². The largest absolute Gasteiger partial charge is 0.374 e. The number of benzene rings is 1. The quantitative estimate of drug-likeness (QED) is 0.881. The van der Waals surface area contributed by atoms with Crippen LogP contribution in [-0.2, 0) is 4.74 Å². The van der Waals surface area contributed by atoms with Gasteiger partial charge in [0.1, 0.15) is 0 Å². The summed E-state index contributed by atoms with van der Waals surface area (Å²) in [7, 11) is 1.99. The Kier molecular flexibility index (Phi) is 5.37. The molecule has 2 atom stereocenters. The van der Waals surface area contributed by atoms with E-state index in [2.05, 4.69) is 48.3 Å². The molecule has 19 heavy (non-hydrogen) atoms. The fourth-order valence-corrected chi connectivity index (χ4v) is 2.89. The van der Waals surface area contributed by atoms with Crippen molar-refractivity contribution in [2.24, 2.45) is 0 Å². The van der Waals surface area contributed by atoms with Gasteiger partial charge >= 0.3 is 0 Å². The Morgan fingerprint density at radius 3 is 2.68 bits per heavy atom. The third-order valence-electron chi connectivity index (χ3n) is 3.79. The van der Waals surface area contributed by atoms with Gasteiger partial charge in [-0.3, -0.25) is 4.90 Å². The zero-order valence-corrected chi connectivity index (χ0v) is 12.4. The smallest absolute Gasteiger partial charge is 0.0896 e. The van der Waals surface area contributed by atoms with Crippen molar-refractivity contribution in [3.63, 3.8) is 0 Å². The molecule has 0 aromatic heterocycles. The molecule has 1 fully saturated rings. The van der Waals surface area contributed by atoms with Gasteiger partial charge in [-0.1, -0.05) is 36.8 Å². The fourth-order valence-electron chi connectivity index (χ4n) is 2.89. The zero-order valence-electron chi connectivity index (χ0n) is 12.4. The topological polar surface area (TPSA) is 24.5 Å². The molecule has 0 amide bonds. The molecule has 2 rings (SSSR count). The molecule has 1 aliphatic rings. The van der Waals surface area contributed by atoms with Gasteiger partial charge in [0.15, 0.2) is 0 Å². The van der Waals surface area contributed by atoms with E-state index in [-0.39, 0.29) is 6.10 Å². The Hall–Kier alpha value is -0.900. The number of hydrogen-bond donors (Lipinski definition) is 1. The van der Waals surface area contributed by atoms with Gasteiger partial charge in [-0.25, -0.2) is 0 Å². The minimum absolute atomic E-state index is 0.244. The van der Waals surface area contributed by atoms with Crippen molar-refractivity contribution in [3.05, 3.63) is 35.4 Å². The van der Waals surface area contributed by atoms with Crippen molar-refractivity contribution in [2.75, 3.05) is 33.3 Å². The van der Waals surface area contributed by atoms with Crippen molar-refractivity contribution in [3.8, 4) is 0 Å². The average Bonchev–Trinajstić information content (AvgIpc) is 2.41. The molecule has 1 aliphatic heterocycles. The van der Waals surface area contributed by atoms with E-state index in [1.165, 1.54) is 17.5 Å². The van der Waals surface area contributed by atoms with Gasteiger partial charge in [0.05, 0.1) is 18.8 Å². The fraction of sp³-hybridized carbons (Fsp3) is 0.625. The van der Waals surface area contributed by atoms with Crippen molar-refractivity contribution in [1.82, 2.24) is 10.2 Å². The number of aryl methyl sites for hydroxylation is 1. The molecule has 1 saturated heterocycles. The van der Waals surface area contributed by atoms with Crippen LogP contribution in [0.5, 0.6) is 0 Å². The summed E-state index contributed by atoms with van der Waals surface area (Å²) in [4.78, 5) is 2.57. The number of rotatable bonds is 5. The second kappa shape index (κ2) is 7.04. The first-order valence-electron chi connectivity index (χ1n) is 7.33. The van der Waals surface area contributed by atoms with E-state index in [0.29, 0.717) is 6.04 Å². The van der Waals surface area contributed by atoms with E-state index >= 15 is 0 Å². The van der Waals surface area contributed by atoms with Gasteiger partial charge in [0.25, 0.3) is 0 Å². The maximum absolute atomic E-state index is 5.99. The highest BCUT2D eigenvalue weighted by molar-refractivity contribution is 5.25. The van der Waals surface area contributed by atoms with Crippen LogP contribution < -0.4 is 5.32 Å². The lowest BCUT2D eigenvalue weighted by Gasteiger charge is -2.41. The number of nitrogens with zero attached hydrogens (tertiary/aromatic N) is 1. The summed E-state index contributed by atoms with van der Waals surface area (Å²) < 4.78 is 5.99.